The van der Waals surface area contributed by atoms with Crippen molar-refractivity contribution in [1.29, 1.82) is 0 Å². The van der Waals surface area contributed by atoms with Gasteiger partial charge in [-0.25, -0.2) is 0 Å². The van der Waals surface area contributed by atoms with E-state index in [1.165, 1.54) is 7.11 Å². The van der Waals surface area contributed by atoms with Gasteiger partial charge in [-0.05, 0) is 0 Å². The molecule has 196 valence electrons. The van der Waals surface area contributed by atoms with Gasteiger partial charge in [0.05, 0.1) is 0 Å². The van der Waals surface area contributed by atoms with Crippen molar-refractivity contribution in [2.45, 2.75) is 20.8 Å². The van der Waals surface area contributed by atoms with E-state index in [1.54, 1.807) is 14.2 Å². The fourth-order valence-corrected chi connectivity index (χ4v) is 14.9. The first-order valence-electron chi connectivity index (χ1n) is 11.4. The Morgan fingerprint density at radius 2 is 1.11 bits per heavy atom. The third-order valence-electron chi connectivity index (χ3n) is 5.50. The van der Waals surface area contributed by atoms with Gasteiger partial charge in [-0.1, -0.05) is 0 Å². The molecule has 0 radical (unpaired) electrons. The van der Waals surface area contributed by atoms with E-state index in [2.05, 4.69) is 9.72 Å². The maximum atomic E-state index is 6.45. The third kappa shape index (κ3) is 6.25. The molecule has 4 rings (SSSR count). The molecule has 0 fully saturated rings. The fraction of sp³-hybridized carbons (Fsp3) is 0.250. The Labute approximate surface area is 213 Å². The van der Waals surface area contributed by atoms with E-state index in [1.807, 2.05) is 93.6 Å². The summed E-state index contributed by atoms with van der Waals surface area (Å²) in [5, 5.41) is 0. The van der Waals surface area contributed by atoms with Gasteiger partial charge in [0, 0.05) is 0 Å². The number of aryl methyl sites for hydroxylation is 3. The van der Waals surface area contributed by atoms with E-state index in [0.717, 1.165) is 16.7 Å². The second-order valence-corrected chi connectivity index (χ2v) is 16.3. The monoisotopic (exact) mass is 553 g/mol. The molecule has 1 unspecified atom stereocenters. The minimum absolute atomic E-state index is 0.581. The van der Waals surface area contributed by atoms with E-state index in [0.29, 0.717) is 17.2 Å². The van der Waals surface area contributed by atoms with Gasteiger partial charge in [0.15, 0.2) is 0 Å². The summed E-state index contributed by atoms with van der Waals surface area (Å²) >= 11 is 0. The molecule has 0 spiro atoms. The van der Waals surface area contributed by atoms with Crippen LogP contribution in [0.15, 0.2) is 77.3 Å². The van der Waals surface area contributed by atoms with Crippen LogP contribution in [0.5, 0.6) is 17.2 Å². The second kappa shape index (κ2) is 11.1. The molecule has 3 aromatic rings. The SMILES string of the molecule is COP1(Oc2ccc(C)cc2)=N[PH](OC)(Oc2ccc(C)cc2)N[PH](OC)(Oc2ccc(C)cc2)N1. The van der Waals surface area contributed by atoms with Crippen molar-refractivity contribution in [3.05, 3.63) is 89.5 Å². The van der Waals surface area contributed by atoms with Crippen molar-refractivity contribution in [2.75, 3.05) is 21.3 Å². The third-order valence-corrected chi connectivity index (χ3v) is 15.6. The van der Waals surface area contributed by atoms with Gasteiger partial charge in [0.2, 0.25) is 0 Å². The van der Waals surface area contributed by atoms with Crippen LogP contribution in [-0.4, -0.2) is 21.3 Å². The van der Waals surface area contributed by atoms with Crippen LogP contribution >= 0.6 is 23.7 Å². The van der Waals surface area contributed by atoms with Crippen molar-refractivity contribution in [1.82, 2.24) is 9.72 Å². The van der Waals surface area contributed by atoms with Crippen LogP contribution < -0.4 is 23.3 Å². The molecule has 2 N–H and O–H groups in total. The van der Waals surface area contributed by atoms with E-state index < -0.39 is 23.7 Å². The molecule has 0 aliphatic carbocycles. The zero-order valence-electron chi connectivity index (χ0n) is 21.3. The maximum absolute atomic E-state index is 6.45. The van der Waals surface area contributed by atoms with Crippen molar-refractivity contribution < 1.29 is 27.1 Å². The van der Waals surface area contributed by atoms with Crippen molar-refractivity contribution in [3.8, 4) is 17.2 Å². The quantitative estimate of drug-likeness (QED) is 0.273. The molecule has 0 saturated heterocycles. The summed E-state index contributed by atoms with van der Waals surface area (Å²) in [5.74, 6) is 1.78. The molecule has 3 aromatic carbocycles. The van der Waals surface area contributed by atoms with Gasteiger partial charge in [-0.15, -0.1) is 0 Å². The van der Waals surface area contributed by atoms with E-state index in [4.69, 9.17) is 31.7 Å². The van der Waals surface area contributed by atoms with Gasteiger partial charge >= 0.3 is 214 Å². The van der Waals surface area contributed by atoms with Gasteiger partial charge in [0.1, 0.15) is 0 Å². The first kappa shape index (κ1) is 27.0. The molecule has 9 nitrogen and oxygen atoms in total. The van der Waals surface area contributed by atoms with Crippen molar-refractivity contribution in [2.24, 2.45) is 4.52 Å². The van der Waals surface area contributed by atoms with Crippen LogP contribution in [0.25, 0.3) is 0 Å². The molecule has 0 aromatic heterocycles. The number of nitrogens with zero attached hydrogens (tertiary/aromatic N) is 1. The zero-order chi connectivity index (χ0) is 25.8. The number of hydrogen-bond acceptors (Lipinski definition) is 9. The summed E-state index contributed by atoms with van der Waals surface area (Å²) in [6.45, 7) is 6.03. The average Bonchev–Trinajstić information content (AvgIpc) is 2.88. The Kier molecular flexibility index (Phi) is 8.35. The van der Waals surface area contributed by atoms with Crippen molar-refractivity contribution in [3.63, 3.8) is 0 Å². The standard InChI is InChI=1S/C24H34N3O6P3/c1-19-7-13-22(14-8-19)31-34(28-4)25-35(29-5,32-23-15-9-20(2)10-16-23)27-36(26-34,30-6)33-24-17-11-21(3)12-18-24/h7-18,25-26,34-35H,1-6H3. The topological polar surface area (TPSA) is 91.8 Å². The van der Waals surface area contributed by atoms with Crippen LogP contribution in [0, 0.1) is 20.8 Å². The number of nitrogens with one attached hydrogen (secondary N) is 2. The van der Waals surface area contributed by atoms with Gasteiger partial charge in [-0.3, -0.25) is 0 Å². The Balaban J connectivity index is 1.81. The predicted molar refractivity (Wildman–Crippen MR) is 149 cm³/mol. The molecule has 0 bridgehead atoms. The van der Waals surface area contributed by atoms with Crippen LogP contribution in [-0.2, 0) is 13.6 Å². The Morgan fingerprint density at radius 3 is 1.56 bits per heavy atom. The second-order valence-electron chi connectivity index (χ2n) is 8.38. The summed E-state index contributed by atoms with van der Waals surface area (Å²) in [6, 6.07) is 23.0. The summed E-state index contributed by atoms with van der Waals surface area (Å²) in [4.78, 5) is 6.72. The van der Waals surface area contributed by atoms with Crippen LogP contribution in [0.2, 0.25) is 0 Å². The van der Waals surface area contributed by atoms with Crippen LogP contribution in [0.4, 0.5) is 0 Å². The zero-order valence-corrected chi connectivity index (χ0v) is 24.2. The Hall–Kier alpha value is -2.05. The Bertz CT molecular complexity index is 1230. The van der Waals surface area contributed by atoms with Crippen LogP contribution in [0.3, 0.4) is 0 Å². The number of benzene rings is 3. The summed E-state index contributed by atoms with van der Waals surface area (Å²) in [7, 11) is -5.78. The Morgan fingerprint density at radius 1 is 0.639 bits per heavy atom. The average molecular weight is 553 g/mol. The first-order chi connectivity index (χ1) is 17.2. The van der Waals surface area contributed by atoms with Gasteiger partial charge in [-0.2, -0.15) is 0 Å². The number of rotatable bonds is 9. The van der Waals surface area contributed by atoms with E-state index in [9.17, 15) is 0 Å². The molecule has 1 aliphatic rings. The summed E-state index contributed by atoms with van der Waals surface area (Å²) < 4.78 is 42.2. The molecule has 1 atom stereocenters. The van der Waals surface area contributed by atoms with Gasteiger partial charge < -0.3 is 0 Å². The fourth-order valence-electron chi connectivity index (χ4n) is 3.46. The summed E-state index contributed by atoms with van der Waals surface area (Å²) in [5.41, 5.74) is 3.32. The molecule has 12 heteroatoms. The summed E-state index contributed by atoms with van der Waals surface area (Å²) in [6.07, 6.45) is 0. The van der Waals surface area contributed by atoms with E-state index >= 15 is 0 Å². The normalized spacial score (nSPS) is 22.1. The molecular formula is C24H34N3O6P3. The molecular weight excluding hydrogens is 519 g/mol. The molecule has 0 saturated carbocycles. The molecule has 36 heavy (non-hydrogen) atoms. The van der Waals surface area contributed by atoms with Gasteiger partial charge in [0.25, 0.3) is 0 Å². The minimum atomic E-state index is -3.63. The first-order valence-corrected chi connectivity index (χ1v) is 16.5. The van der Waals surface area contributed by atoms with E-state index in [-0.39, 0.29) is 0 Å². The predicted octanol–water partition coefficient (Wildman–Crippen LogP) is 7.05. The molecule has 1 heterocycles. The van der Waals surface area contributed by atoms with Crippen molar-refractivity contribution >= 4 is 23.7 Å². The molecule has 1 aliphatic heterocycles. The molecule has 0 amide bonds. The van der Waals surface area contributed by atoms with Crippen LogP contribution in [0.1, 0.15) is 16.7 Å². The number of hydrogen-bond donors (Lipinski definition) is 2.